The van der Waals surface area contributed by atoms with Crippen LogP contribution in [0.2, 0.25) is 24.2 Å². The summed E-state index contributed by atoms with van der Waals surface area (Å²) in [6.45, 7) is 0. The summed E-state index contributed by atoms with van der Waals surface area (Å²) in [5.41, 5.74) is 0. The molecule has 2 aromatic carbocycles. The van der Waals surface area contributed by atoms with E-state index in [4.69, 9.17) is 0 Å². The summed E-state index contributed by atoms with van der Waals surface area (Å²) in [7, 11) is -2.66. The Balaban J connectivity index is 1.91. The molecule has 0 spiro atoms. The lowest BCUT2D eigenvalue weighted by molar-refractivity contribution is 0.773. The van der Waals surface area contributed by atoms with E-state index in [-0.39, 0.29) is 0 Å². The fourth-order valence-electron chi connectivity index (χ4n) is 5.56. The maximum Gasteiger partial charge on any atom is 0.0856 e. The van der Waals surface area contributed by atoms with Gasteiger partial charge in [0.1, 0.15) is 0 Å². The second-order valence-electron chi connectivity index (χ2n) is 7.31. The van der Waals surface area contributed by atoms with Gasteiger partial charge in [0, 0.05) is 0 Å². The highest BCUT2D eigenvalue weighted by Gasteiger charge is 2.58. The Morgan fingerprint density at radius 3 is 1.09 bits per heavy atom. The molecule has 2 heteroatoms. The Bertz CT molecular complexity index is 551. The molecular formula is C20H26Si2. The van der Waals surface area contributed by atoms with Crippen LogP contribution >= 0.6 is 0 Å². The molecule has 2 heterocycles. The van der Waals surface area contributed by atoms with Crippen molar-refractivity contribution in [2.45, 2.75) is 49.9 Å². The second kappa shape index (κ2) is 5.82. The molecule has 0 aromatic heterocycles. The van der Waals surface area contributed by atoms with Gasteiger partial charge >= 0.3 is 0 Å². The van der Waals surface area contributed by atoms with E-state index in [2.05, 4.69) is 60.7 Å². The molecule has 2 fully saturated rings. The maximum absolute atomic E-state index is 2.49. The largest absolute Gasteiger partial charge is 0.0856 e. The Kier molecular flexibility index (Phi) is 3.83. The van der Waals surface area contributed by atoms with Crippen LogP contribution in [0.25, 0.3) is 0 Å². The molecule has 2 saturated heterocycles. The molecule has 2 aliphatic rings. The first-order valence-corrected chi connectivity index (χ1v) is 14.8. The minimum atomic E-state index is -1.33. The fraction of sp³-hybridized carbons (Fsp3) is 0.400. The molecule has 4 rings (SSSR count). The van der Waals surface area contributed by atoms with Gasteiger partial charge in [0.2, 0.25) is 0 Å². The normalized spacial score (nSPS) is 31.5. The Morgan fingerprint density at radius 1 is 0.455 bits per heavy atom. The van der Waals surface area contributed by atoms with Gasteiger partial charge in [0.05, 0.1) is 15.2 Å². The van der Waals surface area contributed by atoms with Gasteiger partial charge in [0.25, 0.3) is 0 Å². The highest BCUT2D eigenvalue weighted by Crippen LogP contribution is 2.45. The molecule has 0 unspecified atom stereocenters. The zero-order valence-electron chi connectivity index (χ0n) is 13.4. The van der Waals surface area contributed by atoms with Gasteiger partial charge in [-0.2, -0.15) is 0 Å². The van der Waals surface area contributed by atoms with Crippen LogP contribution in [0.5, 0.6) is 0 Å². The lowest BCUT2D eigenvalue weighted by Gasteiger charge is -2.55. The van der Waals surface area contributed by atoms with Crippen molar-refractivity contribution in [3.05, 3.63) is 60.7 Å². The molecule has 2 aliphatic heterocycles. The van der Waals surface area contributed by atoms with Crippen molar-refractivity contribution in [1.29, 1.82) is 0 Å². The molecule has 0 radical (unpaired) electrons. The number of hydrogen-bond acceptors (Lipinski definition) is 0. The zero-order chi connectivity index (χ0) is 14.9. The van der Waals surface area contributed by atoms with Crippen LogP contribution in [0.15, 0.2) is 60.7 Å². The van der Waals surface area contributed by atoms with Gasteiger partial charge < -0.3 is 0 Å². The van der Waals surface area contributed by atoms with Crippen LogP contribution in [0.3, 0.4) is 0 Å². The molecule has 2 aromatic rings. The van der Waals surface area contributed by atoms with E-state index in [0.717, 1.165) is 0 Å². The summed E-state index contributed by atoms with van der Waals surface area (Å²) in [5, 5.41) is 3.59. The monoisotopic (exact) mass is 322 g/mol. The first-order valence-electron chi connectivity index (χ1n) is 8.99. The molecule has 0 aliphatic carbocycles. The molecule has 0 nitrogen and oxygen atoms in total. The van der Waals surface area contributed by atoms with E-state index in [0.29, 0.717) is 0 Å². The standard InChI is InChI=1S/C20H26Si2/c1-3-11-19(12-4-1)21-15-7-9-17-22(21,18-10-8-16-21)20-13-5-2-6-14-20/h1-6,11-14H,7-10,15-18H2. The van der Waals surface area contributed by atoms with Crippen molar-refractivity contribution in [2.24, 2.45) is 0 Å². The van der Waals surface area contributed by atoms with Gasteiger partial charge in [-0.3, -0.25) is 0 Å². The van der Waals surface area contributed by atoms with E-state index in [1.165, 1.54) is 25.7 Å². The maximum atomic E-state index is 2.49. The number of hydrogen-bond donors (Lipinski definition) is 0. The summed E-state index contributed by atoms with van der Waals surface area (Å²) in [6, 6.07) is 29.8. The van der Waals surface area contributed by atoms with Crippen LogP contribution in [0, 0.1) is 0 Å². The predicted molar refractivity (Wildman–Crippen MR) is 101 cm³/mol. The lowest BCUT2D eigenvalue weighted by atomic mass is 10.3. The van der Waals surface area contributed by atoms with Gasteiger partial charge in [-0.25, -0.2) is 0 Å². The average Bonchev–Trinajstić information content (AvgIpc) is 2.63. The van der Waals surface area contributed by atoms with Gasteiger partial charge in [-0.05, 0) is 0 Å². The molecule has 0 amide bonds. The summed E-state index contributed by atoms with van der Waals surface area (Å²) >= 11 is 0. The third-order valence-corrected chi connectivity index (χ3v) is 26.2. The molecule has 0 bridgehead atoms. The smallest absolute Gasteiger partial charge is 0.0633 e. The quantitative estimate of drug-likeness (QED) is 0.721. The number of benzene rings is 2. The number of rotatable bonds is 2. The molecule has 0 N–H and O–H groups in total. The van der Waals surface area contributed by atoms with Crippen LogP contribution in [0.1, 0.15) is 25.7 Å². The summed E-state index contributed by atoms with van der Waals surface area (Å²) in [6.07, 6.45) is 5.96. The second-order valence-corrected chi connectivity index (χ2v) is 20.5. The molecule has 22 heavy (non-hydrogen) atoms. The highest BCUT2D eigenvalue weighted by atomic mass is 29.3. The van der Waals surface area contributed by atoms with E-state index in [1.54, 1.807) is 34.5 Å². The molecule has 0 atom stereocenters. The highest BCUT2D eigenvalue weighted by molar-refractivity contribution is 7.51. The average molecular weight is 323 g/mol. The summed E-state index contributed by atoms with van der Waals surface area (Å²) in [4.78, 5) is 0. The topological polar surface area (TPSA) is 0 Å². The lowest BCUT2D eigenvalue weighted by Crippen LogP contribution is -2.77. The van der Waals surface area contributed by atoms with Crippen LogP contribution in [0.4, 0.5) is 0 Å². The summed E-state index contributed by atoms with van der Waals surface area (Å²) in [5.74, 6) is 0. The van der Waals surface area contributed by atoms with E-state index < -0.39 is 15.2 Å². The van der Waals surface area contributed by atoms with Crippen LogP contribution in [-0.4, -0.2) is 15.2 Å². The van der Waals surface area contributed by atoms with Crippen molar-refractivity contribution in [3.8, 4) is 0 Å². The van der Waals surface area contributed by atoms with Crippen molar-refractivity contribution >= 4 is 25.6 Å². The minimum absolute atomic E-state index is 1.33. The minimum Gasteiger partial charge on any atom is -0.0633 e. The predicted octanol–water partition coefficient (Wildman–Crippen LogP) is 4.36. The van der Waals surface area contributed by atoms with E-state index >= 15 is 0 Å². The third kappa shape index (κ3) is 2.08. The molecular weight excluding hydrogens is 296 g/mol. The molecule has 114 valence electrons. The molecule has 0 saturated carbocycles. The fourth-order valence-corrected chi connectivity index (χ4v) is 27.5. The van der Waals surface area contributed by atoms with Crippen LogP contribution in [-0.2, 0) is 0 Å². The van der Waals surface area contributed by atoms with Gasteiger partial charge in [0.15, 0.2) is 0 Å². The van der Waals surface area contributed by atoms with Crippen LogP contribution < -0.4 is 10.4 Å². The third-order valence-electron chi connectivity index (χ3n) is 6.48. The first kappa shape index (κ1) is 14.5. The van der Waals surface area contributed by atoms with Crippen molar-refractivity contribution in [1.82, 2.24) is 0 Å². The Hall–Kier alpha value is -1.13. The zero-order valence-corrected chi connectivity index (χ0v) is 15.4. The van der Waals surface area contributed by atoms with E-state index in [9.17, 15) is 0 Å². The van der Waals surface area contributed by atoms with E-state index in [1.807, 2.05) is 0 Å². The van der Waals surface area contributed by atoms with Crippen molar-refractivity contribution in [3.63, 3.8) is 0 Å². The summed E-state index contributed by atoms with van der Waals surface area (Å²) < 4.78 is 0. The Labute approximate surface area is 136 Å². The van der Waals surface area contributed by atoms with Crippen molar-refractivity contribution < 1.29 is 0 Å². The van der Waals surface area contributed by atoms with Crippen molar-refractivity contribution in [2.75, 3.05) is 0 Å². The SMILES string of the molecule is c1ccc([Si]23CCCC[Si]2(c2ccccc2)CCCC3)cc1. The Morgan fingerprint density at radius 2 is 0.773 bits per heavy atom. The van der Waals surface area contributed by atoms with Gasteiger partial charge in [-0.15, -0.1) is 0 Å². The first-order chi connectivity index (χ1) is 10.9. The van der Waals surface area contributed by atoms with Gasteiger partial charge in [-0.1, -0.05) is 121 Å². The number of fused-ring (bicyclic) bond motifs is 1.